The number of carbonyl (C=O) groups is 3. The van der Waals surface area contributed by atoms with Crippen LogP contribution in [-0.2, 0) is 19.1 Å². The average Bonchev–Trinajstić information content (AvgIpc) is 2.51. The largest absolute Gasteiger partial charge is 0.481 e. The first kappa shape index (κ1) is 20.4. The summed E-state index contributed by atoms with van der Waals surface area (Å²) in [6.07, 6.45) is -2.16. The summed E-state index contributed by atoms with van der Waals surface area (Å²) in [6.45, 7) is 4.67. The number of ether oxygens (including phenoxy) is 2. The number of benzene rings is 1. The van der Waals surface area contributed by atoms with E-state index in [-0.39, 0.29) is 18.9 Å². The van der Waals surface area contributed by atoms with Crippen molar-refractivity contribution in [1.29, 1.82) is 0 Å². The maximum atomic E-state index is 13.0. The molecule has 1 amide bonds. The standard InChI is InChI=1S/C17H22FNO6/c1-10(2)16(22)24-11(3)25-17(23)19-9-13(8-15(20)21)12-4-6-14(18)7-5-12/h4-7,10-11,13H,8-9H2,1-3H3,(H,19,23)(H,20,21)/t11-,13-/m0/s1. The second kappa shape index (κ2) is 9.61. The van der Waals surface area contributed by atoms with E-state index in [4.69, 9.17) is 14.6 Å². The lowest BCUT2D eigenvalue weighted by Crippen LogP contribution is -2.34. The summed E-state index contributed by atoms with van der Waals surface area (Å²) in [5, 5.41) is 11.4. The Morgan fingerprint density at radius 3 is 2.24 bits per heavy atom. The van der Waals surface area contributed by atoms with Crippen molar-refractivity contribution in [3.8, 4) is 0 Å². The lowest BCUT2D eigenvalue weighted by atomic mass is 9.96. The Hall–Kier alpha value is -2.64. The number of rotatable bonds is 8. The van der Waals surface area contributed by atoms with Crippen molar-refractivity contribution in [3.63, 3.8) is 0 Å². The number of hydrogen-bond donors (Lipinski definition) is 2. The molecule has 0 fully saturated rings. The van der Waals surface area contributed by atoms with Crippen molar-refractivity contribution < 1.29 is 33.4 Å². The molecule has 0 saturated heterocycles. The number of carboxylic acids is 1. The molecule has 1 rings (SSSR count). The number of alkyl carbamates (subject to hydrolysis) is 1. The van der Waals surface area contributed by atoms with E-state index in [1.54, 1.807) is 13.8 Å². The highest BCUT2D eigenvalue weighted by Crippen LogP contribution is 2.19. The number of esters is 1. The van der Waals surface area contributed by atoms with E-state index < -0.39 is 36.1 Å². The van der Waals surface area contributed by atoms with E-state index in [9.17, 15) is 18.8 Å². The molecule has 0 bridgehead atoms. The topological polar surface area (TPSA) is 102 Å². The highest BCUT2D eigenvalue weighted by atomic mass is 19.1. The van der Waals surface area contributed by atoms with Crippen molar-refractivity contribution in [2.45, 2.75) is 39.4 Å². The molecule has 8 heteroatoms. The molecule has 25 heavy (non-hydrogen) atoms. The molecule has 0 aliphatic carbocycles. The number of halogens is 1. The Balaban J connectivity index is 2.58. The van der Waals surface area contributed by atoms with Crippen LogP contribution in [0.25, 0.3) is 0 Å². The van der Waals surface area contributed by atoms with Gasteiger partial charge in [0.05, 0.1) is 12.3 Å². The second-order valence-electron chi connectivity index (χ2n) is 5.79. The van der Waals surface area contributed by atoms with Gasteiger partial charge in [-0.15, -0.1) is 0 Å². The summed E-state index contributed by atoms with van der Waals surface area (Å²) >= 11 is 0. The second-order valence-corrected chi connectivity index (χ2v) is 5.79. The molecule has 0 aromatic heterocycles. The Kier molecular flexibility index (Phi) is 7.84. The maximum Gasteiger partial charge on any atom is 0.410 e. The van der Waals surface area contributed by atoms with E-state index in [0.29, 0.717) is 5.56 Å². The molecule has 0 aliphatic heterocycles. The minimum Gasteiger partial charge on any atom is -0.481 e. The van der Waals surface area contributed by atoms with Crippen molar-refractivity contribution in [2.24, 2.45) is 5.92 Å². The fourth-order valence-electron chi connectivity index (χ4n) is 1.98. The van der Waals surface area contributed by atoms with Gasteiger partial charge in [-0.05, 0) is 17.7 Å². The quantitative estimate of drug-likeness (QED) is 0.549. The van der Waals surface area contributed by atoms with E-state index in [0.717, 1.165) is 0 Å². The molecule has 0 aliphatic rings. The van der Waals surface area contributed by atoms with Gasteiger partial charge in [0.1, 0.15) is 5.82 Å². The first-order valence-corrected chi connectivity index (χ1v) is 7.81. The number of amides is 1. The van der Waals surface area contributed by atoms with Crippen LogP contribution in [0.15, 0.2) is 24.3 Å². The van der Waals surface area contributed by atoms with Gasteiger partial charge in [0, 0.05) is 19.4 Å². The smallest absolute Gasteiger partial charge is 0.410 e. The molecule has 2 N–H and O–H groups in total. The number of hydrogen-bond acceptors (Lipinski definition) is 5. The SMILES string of the molecule is CC(C)C(=O)O[C@H](C)OC(=O)NC[C@H](CC(=O)O)c1ccc(F)cc1. The Labute approximate surface area is 145 Å². The zero-order chi connectivity index (χ0) is 19.0. The van der Waals surface area contributed by atoms with E-state index in [2.05, 4.69) is 5.32 Å². The first-order chi connectivity index (χ1) is 11.7. The lowest BCUT2D eigenvalue weighted by Gasteiger charge is -2.18. The van der Waals surface area contributed by atoms with Gasteiger partial charge in [-0.2, -0.15) is 0 Å². The van der Waals surface area contributed by atoms with Crippen molar-refractivity contribution in [1.82, 2.24) is 5.32 Å². The molecule has 138 valence electrons. The molecule has 1 aromatic rings. The number of nitrogens with one attached hydrogen (secondary N) is 1. The summed E-state index contributed by atoms with van der Waals surface area (Å²) in [7, 11) is 0. The van der Waals surface area contributed by atoms with Gasteiger partial charge in [0.2, 0.25) is 6.29 Å². The third-order valence-corrected chi connectivity index (χ3v) is 3.28. The highest BCUT2D eigenvalue weighted by Gasteiger charge is 2.20. The maximum absolute atomic E-state index is 13.0. The van der Waals surface area contributed by atoms with Gasteiger partial charge in [-0.3, -0.25) is 9.59 Å². The Bertz CT molecular complexity index is 602. The Morgan fingerprint density at radius 1 is 1.12 bits per heavy atom. The minimum atomic E-state index is -1.07. The summed E-state index contributed by atoms with van der Waals surface area (Å²) < 4.78 is 22.8. The van der Waals surface area contributed by atoms with Crippen LogP contribution in [0, 0.1) is 11.7 Å². The lowest BCUT2D eigenvalue weighted by molar-refractivity contribution is -0.168. The van der Waals surface area contributed by atoms with Crippen molar-refractivity contribution in [2.75, 3.05) is 6.54 Å². The zero-order valence-electron chi connectivity index (χ0n) is 14.3. The molecule has 7 nitrogen and oxygen atoms in total. The molecule has 0 saturated carbocycles. The monoisotopic (exact) mass is 355 g/mol. The predicted octanol–water partition coefficient (Wildman–Crippen LogP) is 2.66. The minimum absolute atomic E-state index is 0.0262. The zero-order valence-corrected chi connectivity index (χ0v) is 14.3. The van der Waals surface area contributed by atoms with Crippen LogP contribution in [0.2, 0.25) is 0 Å². The Morgan fingerprint density at radius 2 is 1.72 bits per heavy atom. The van der Waals surface area contributed by atoms with E-state index in [1.807, 2.05) is 0 Å². The normalized spacial score (nSPS) is 13.0. The van der Waals surface area contributed by atoms with Gasteiger partial charge in [-0.1, -0.05) is 26.0 Å². The van der Waals surface area contributed by atoms with Crippen LogP contribution < -0.4 is 5.32 Å². The number of aliphatic carboxylic acids is 1. The molecular formula is C17H22FNO6. The van der Waals surface area contributed by atoms with Crippen LogP contribution in [0.1, 0.15) is 38.7 Å². The van der Waals surface area contributed by atoms with Crippen molar-refractivity contribution >= 4 is 18.0 Å². The molecule has 1 aromatic carbocycles. The third kappa shape index (κ3) is 7.65. The molecular weight excluding hydrogens is 333 g/mol. The molecule has 0 unspecified atom stereocenters. The van der Waals surface area contributed by atoms with Crippen LogP contribution in [-0.4, -0.2) is 36.0 Å². The number of carboxylic acid groups (broad SMARTS) is 1. The van der Waals surface area contributed by atoms with Gasteiger partial charge in [-0.25, -0.2) is 9.18 Å². The summed E-state index contributed by atoms with van der Waals surface area (Å²) in [4.78, 5) is 34.1. The van der Waals surface area contributed by atoms with Crippen LogP contribution in [0.3, 0.4) is 0 Å². The predicted molar refractivity (Wildman–Crippen MR) is 86.3 cm³/mol. The molecule has 0 heterocycles. The van der Waals surface area contributed by atoms with Gasteiger partial charge in [0.15, 0.2) is 0 Å². The highest BCUT2D eigenvalue weighted by molar-refractivity contribution is 5.72. The third-order valence-electron chi connectivity index (χ3n) is 3.28. The van der Waals surface area contributed by atoms with Crippen LogP contribution in [0.4, 0.5) is 9.18 Å². The van der Waals surface area contributed by atoms with Crippen molar-refractivity contribution in [3.05, 3.63) is 35.6 Å². The van der Waals surface area contributed by atoms with E-state index >= 15 is 0 Å². The summed E-state index contributed by atoms with van der Waals surface area (Å²) in [5.41, 5.74) is 0.573. The first-order valence-electron chi connectivity index (χ1n) is 7.81. The summed E-state index contributed by atoms with van der Waals surface area (Å²) in [5.74, 6) is -2.91. The number of carbonyl (C=O) groups excluding carboxylic acids is 2. The van der Waals surface area contributed by atoms with E-state index in [1.165, 1.54) is 31.2 Å². The van der Waals surface area contributed by atoms with Gasteiger partial charge in [0.25, 0.3) is 0 Å². The fraction of sp³-hybridized carbons (Fsp3) is 0.471. The van der Waals surface area contributed by atoms with Gasteiger partial charge < -0.3 is 19.9 Å². The summed E-state index contributed by atoms with van der Waals surface area (Å²) in [6, 6.07) is 5.36. The average molecular weight is 355 g/mol. The van der Waals surface area contributed by atoms with Gasteiger partial charge >= 0.3 is 18.0 Å². The molecule has 0 radical (unpaired) electrons. The van der Waals surface area contributed by atoms with Crippen LogP contribution >= 0.6 is 0 Å². The fourth-order valence-corrected chi connectivity index (χ4v) is 1.98. The van der Waals surface area contributed by atoms with Crippen LogP contribution in [0.5, 0.6) is 0 Å². The molecule has 2 atom stereocenters. The molecule has 0 spiro atoms.